The highest BCUT2D eigenvalue weighted by Crippen LogP contribution is 2.40. The van der Waals surface area contributed by atoms with Crippen molar-refractivity contribution in [3.8, 4) is 22.3 Å². The van der Waals surface area contributed by atoms with E-state index in [0.29, 0.717) is 22.3 Å². The number of benzene rings is 1. The van der Waals surface area contributed by atoms with Crippen LogP contribution >= 0.6 is 0 Å². The number of carbonyl (C=O) groups excluding carboxylic acids is 1. The number of fused-ring (bicyclic) bond motifs is 1. The van der Waals surface area contributed by atoms with Crippen molar-refractivity contribution in [1.29, 1.82) is 0 Å². The molecule has 4 N–H and O–H groups in total. The van der Waals surface area contributed by atoms with E-state index in [4.69, 9.17) is 9.47 Å². The minimum Gasteiger partial charge on any atom is -0.465 e. The van der Waals surface area contributed by atoms with Gasteiger partial charge in [0.2, 0.25) is 0 Å². The van der Waals surface area contributed by atoms with E-state index < -0.39 is 43.1 Å². The largest absolute Gasteiger partial charge is 0.465 e. The zero-order valence-corrected chi connectivity index (χ0v) is 16.9. The predicted octanol–water partition coefficient (Wildman–Crippen LogP) is 1.76. The van der Waals surface area contributed by atoms with Crippen LogP contribution in [-0.4, -0.2) is 64.5 Å². The second-order valence-corrected chi connectivity index (χ2v) is 7.58. The first-order chi connectivity index (χ1) is 15.0. The molecule has 1 aromatic rings. The van der Waals surface area contributed by atoms with Crippen molar-refractivity contribution in [2.45, 2.75) is 30.5 Å². The highest BCUT2D eigenvalue weighted by molar-refractivity contribution is 6.06. The summed E-state index contributed by atoms with van der Waals surface area (Å²) in [6.07, 6.45) is -6.23. The van der Waals surface area contributed by atoms with Crippen LogP contribution in [0.2, 0.25) is 0 Å². The summed E-state index contributed by atoms with van der Waals surface area (Å²) in [5.74, 6) is -0.463. The van der Waals surface area contributed by atoms with E-state index in [1.807, 2.05) is 42.5 Å². The van der Waals surface area contributed by atoms with Crippen LogP contribution in [0.5, 0.6) is 0 Å². The van der Waals surface area contributed by atoms with Gasteiger partial charge in [-0.15, -0.1) is 0 Å². The van der Waals surface area contributed by atoms with Gasteiger partial charge in [-0.25, -0.2) is 4.79 Å². The lowest BCUT2D eigenvalue weighted by Crippen LogP contribution is -2.55. The number of methoxy groups -OCH3 is 1. The molecule has 1 fully saturated rings. The van der Waals surface area contributed by atoms with Gasteiger partial charge in [0, 0.05) is 0 Å². The highest BCUT2D eigenvalue weighted by Gasteiger charge is 2.44. The van der Waals surface area contributed by atoms with Crippen molar-refractivity contribution in [2.24, 2.45) is 0 Å². The van der Waals surface area contributed by atoms with Gasteiger partial charge in [-0.2, -0.15) is 0 Å². The first-order valence-electron chi connectivity index (χ1n) is 9.97. The Kier molecular flexibility index (Phi) is 6.04. The molecule has 0 spiro atoms. The number of carbonyl (C=O) groups is 1. The molecule has 7 nitrogen and oxygen atoms in total. The van der Waals surface area contributed by atoms with E-state index in [-0.39, 0.29) is 0 Å². The molecule has 2 aliphatic carbocycles. The Morgan fingerprint density at radius 3 is 2.35 bits per heavy atom. The molecule has 162 valence electrons. The lowest BCUT2D eigenvalue weighted by atomic mass is 9.90. The summed E-state index contributed by atoms with van der Waals surface area (Å²) in [6.45, 7) is -0.501. The van der Waals surface area contributed by atoms with E-state index in [0.717, 1.165) is 11.1 Å². The number of hydrogen-bond donors (Lipinski definition) is 4. The summed E-state index contributed by atoms with van der Waals surface area (Å²) in [6, 6.07) is 18.3. The van der Waals surface area contributed by atoms with E-state index in [2.05, 4.69) is 0 Å². The Morgan fingerprint density at radius 2 is 1.61 bits per heavy atom. The van der Waals surface area contributed by atoms with Crippen LogP contribution in [0.25, 0.3) is 22.3 Å². The second-order valence-electron chi connectivity index (χ2n) is 7.58. The van der Waals surface area contributed by atoms with Crippen molar-refractivity contribution in [3.63, 3.8) is 0 Å². The minimum absolute atomic E-state index is 0.430. The average molecular weight is 424 g/mol. The fourth-order valence-corrected chi connectivity index (χ4v) is 4.10. The van der Waals surface area contributed by atoms with Crippen molar-refractivity contribution >= 4 is 5.97 Å². The monoisotopic (exact) mass is 424 g/mol. The summed E-state index contributed by atoms with van der Waals surface area (Å²) in [4.78, 5) is 12.6. The van der Waals surface area contributed by atoms with Gasteiger partial charge < -0.3 is 29.9 Å². The number of ether oxygens (including phenoxy) is 2. The van der Waals surface area contributed by atoms with Gasteiger partial charge in [-0.3, -0.25) is 0 Å². The fraction of sp³-hybridized carbons (Fsp3) is 0.292. The molecular formula is C24H24O7. The fourth-order valence-electron chi connectivity index (χ4n) is 4.10. The van der Waals surface area contributed by atoms with Crippen LogP contribution in [-0.2, 0) is 9.47 Å². The highest BCUT2D eigenvalue weighted by atomic mass is 16.5. The van der Waals surface area contributed by atoms with Crippen molar-refractivity contribution in [2.75, 3.05) is 13.7 Å². The van der Waals surface area contributed by atoms with Crippen molar-refractivity contribution < 1.29 is 34.7 Å². The molecule has 0 bridgehead atoms. The summed E-state index contributed by atoms with van der Waals surface area (Å²) in [7, 11) is 1.33. The first-order valence-corrected chi connectivity index (χ1v) is 9.97. The van der Waals surface area contributed by atoms with Gasteiger partial charge in [-0.05, 0) is 39.9 Å². The summed E-state index contributed by atoms with van der Waals surface area (Å²) in [5, 5.41) is 40.1. The minimum atomic E-state index is -1.47. The van der Waals surface area contributed by atoms with Crippen molar-refractivity contribution in [1.82, 2.24) is 0 Å². The molecule has 3 aliphatic rings. The van der Waals surface area contributed by atoms with E-state index in [1.54, 1.807) is 18.2 Å². The summed E-state index contributed by atoms with van der Waals surface area (Å²) in [5.41, 5.74) is 3.97. The van der Waals surface area contributed by atoms with Gasteiger partial charge in [0.05, 0.1) is 19.3 Å². The van der Waals surface area contributed by atoms with Crippen LogP contribution in [0.3, 0.4) is 0 Å². The van der Waals surface area contributed by atoms with Gasteiger partial charge >= 0.3 is 5.97 Å². The van der Waals surface area contributed by atoms with Crippen molar-refractivity contribution in [3.05, 3.63) is 71.8 Å². The maximum atomic E-state index is 12.6. The molecule has 1 aromatic carbocycles. The molecule has 5 atom stereocenters. The third-order valence-corrected chi connectivity index (χ3v) is 5.72. The smallest absolute Gasteiger partial charge is 0.339 e. The lowest BCUT2D eigenvalue weighted by Gasteiger charge is -2.40. The quantitative estimate of drug-likeness (QED) is 0.472. The molecule has 31 heavy (non-hydrogen) atoms. The number of aliphatic hydroxyl groups is 4. The zero-order chi connectivity index (χ0) is 22.1. The van der Waals surface area contributed by atoms with E-state index in [1.165, 1.54) is 7.11 Å². The van der Waals surface area contributed by atoms with Crippen LogP contribution in [0.1, 0.15) is 22.0 Å². The molecule has 0 unspecified atom stereocenters. The van der Waals surface area contributed by atoms with E-state index >= 15 is 0 Å². The third kappa shape index (κ3) is 3.82. The van der Waals surface area contributed by atoms with Crippen LogP contribution in [0, 0.1) is 0 Å². The third-order valence-electron chi connectivity index (χ3n) is 5.72. The predicted molar refractivity (Wildman–Crippen MR) is 113 cm³/mol. The molecule has 1 heterocycles. The zero-order valence-electron chi connectivity index (χ0n) is 16.9. The Morgan fingerprint density at radius 1 is 0.903 bits per heavy atom. The van der Waals surface area contributed by atoms with Crippen LogP contribution in [0.4, 0.5) is 0 Å². The topological polar surface area (TPSA) is 116 Å². The summed E-state index contributed by atoms with van der Waals surface area (Å²) >= 11 is 0. The molecule has 0 amide bonds. The van der Waals surface area contributed by atoms with Gasteiger partial charge in [0.25, 0.3) is 0 Å². The Labute approximate surface area is 179 Å². The Balaban J connectivity index is 1.80. The lowest BCUT2D eigenvalue weighted by molar-refractivity contribution is -0.231. The molecule has 0 radical (unpaired) electrons. The molecule has 7 heteroatoms. The first kappa shape index (κ1) is 21.4. The van der Waals surface area contributed by atoms with Crippen LogP contribution in [0.15, 0.2) is 60.7 Å². The molecule has 0 saturated carbocycles. The molecule has 1 aliphatic heterocycles. The molecular weight excluding hydrogens is 400 g/mol. The number of aliphatic hydroxyl groups excluding tert-OH is 4. The Bertz CT molecular complexity index is 1050. The standard InChI is InChI=1S/C24H24O7/c1-30-24(29)19-16-9-4-2-3-6-14(16)11-17(19)13-7-5-8-15(10-13)23-22(28)21(27)20(26)18(12-25)31-23/h2-11,18,20-23,25-28H,12H2,1H3/t18-,20-,21+,22-,23+/m1/s1. The van der Waals surface area contributed by atoms with Gasteiger partial charge in [0.15, 0.2) is 0 Å². The number of rotatable bonds is 4. The molecule has 4 rings (SSSR count). The van der Waals surface area contributed by atoms with Crippen LogP contribution < -0.4 is 0 Å². The number of hydrogen-bond acceptors (Lipinski definition) is 7. The normalized spacial score (nSPS) is 26.0. The molecule has 1 saturated heterocycles. The molecule has 0 aromatic heterocycles. The maximum Gasteiger partial charge on any atom is 0.339 e. The van der Waals surface area contributed by atoms with Gasteiger partial charge in [-0.1, -0.05) is 48.5 Å². The number of esters is 1. The Hall–Kier alpha value is -2.81. The van der Waals surface area contributed by atoms with Gasteiger partial charge in [0.1, 0.15) is 30.5 Å². The SMILES string of the molecule is COC(=O)c1c2cccccc-2cc1-c1cccc([C@@H]2O[C@H](CO)[C@@H](O)[C@H](O)[C@H]2O)c1. The second kappa shape index (κ2) is 8.74. The summed E-state index contributed by atoms with van der Waals surface area (Å²) < 4.78 is 10.7. The average Bonchev–Trinajstić information content (AvgIpc) is 3.00. The maximum absolute atomic E-state index is 12.6. The van der Waals surface area contributed by atoms with E-state index in [9.17, 15) is 25.2 Å².